The molecule has 0 unspecified atom stereocenters. The van der Waals surface area contributed by atoms with Gasteiger partial charge in [0.05, 0.1) is 0 Å². The maximum absolute atomic E-state index is 5.51. The van der Waals surface area contributed by atoms with E-state index in [9.17, 15) is 0 Å². The summed E-state index contributed by atoms with van der Waals surface area (Å²) < 4.78 is 7.68. The van der Waals surface area contributed by atoms with Crippen LogP contribution >= 0.6 is 0 Å². The van der Waals surface area contributed by atoms with Crippen LogP contribution in [0.15, 0.2) is 0 Å². The van der Waals surface area contributed by atoms with Gasteiger partial charge in [0, 0.05) is 0 Å². The Hall–Kier alpha value is 0.354. The minimum atomic E-state index is -0.707. The maximum atomic E-state index is 5.51. The van der Waals surface area contributed by atoms with Gasteiger partial charge in [0.2, 0.25) is 9.92 Å². The Labute approximate surface area is 55.6 Å². The Kier molecular flexibility index (Phi) is 4.44. The zero-order chi connectivity index (χ0) is 6.57. The third-order valence-corrected chi connectivity index (χ3v) is 4.45. The molecule has 50 valence electrons. The summed E-state index contributed by atoms with van der Waals surface area (Å²) in [4.78, 5) is 0. The van der Waals surface area contributed by atoms with Gasteiger partial charge in [0.1, 0.15) is 0 Å². The molecule has 0 amide bonds. The van der Waals surface area contributed by atoms with Crippen molar-refractivity contribution in [2.45, 2.75) is 13.1 Å². The van der Waals surface area contributed by atoms with Gasteiger partial charge in [-0.3, -0.25) is 0 Å². The van der Waals surface area contributed by atoms with Crippen molar-refractivity contribution in [3.05, 3.63) is 0 Å². The molecule has 0 aromatic carbocycles. The van der Waals surface area contributed by atoms with Gasteiger partial charge in [-0.2, -0.15) is 0 Å². The second kappa shape index (κ2) is 4.25. The molecule has 0 aromatic heterocycles. The Morgan fingerprint density at radius 1 is 1.38 bits per heavy atom. The monoisotopic (exact) mass is 149 g/mol. The molecule has 0 heterocycles. The standard InChI is InChI=1S/C4H15NOSi2/c1-5(2)7-6-8(3)4/h8H,7H2,1-4H3. The molecule has 0 spiro atoms. The van der Waals surface area contributed by atoms with Crippen LogP contribution in [0, 0.1) is 0 Å². The van der Waals surface area contributed by atoms with Crippen molar-refractivity contribution in [3.8, 4) is 0 Å². The van der Waals surface area contributed by atoms with Crippen LogP contribution < -0.4 is 0 Å². The summed E-state index contributed by atoms with van der Waals surface area (Å²) in [6.07, 6.45) is 0. The van der Waals surface area contributed by atoms with Crippen LogP contribution in [0.25, 0.3) is 0 Å². The summed E-state index contributed by atoms with van der Waals surface area (Å²) in [5.41, 5.74) is 0. The quantitative estimate of drug-likeness (QED) is 0.504. The third kappa shape index (κ3) is 6.35. The molecule has 0 fully saturated rings. The molecule has 4 heteroatoms. The molecule has 0 aliphatic rings. The summed E-state index contributed by atoms with van der Waals surface area (Å²) in [5, 5.41) is 0. The molecular weight excluding hydrogens is 134 g/mol. The predicted molar refractivity (Wildman–Crippen MR) is 42.2 cm³/mol. The van der Waals surface area contributed by atoms with Gasteiger partial charge in [-0.05, 0) is 27.2 Å². The normalized spacial score (nSPS) is 12.8. The molecule has 0 atom stereocenters. The molecule has 0 bridgehead atoms. The van der Waals surface area contributed by atoms with E-state index in [4.69, 9.17) is 4.12 Å². The average Bonchev–Trinajstić information content (AvgIpc) is 1.61. The minimum Gasteiger partial charge on any atom is -0.451 e. The van der Waals surface area contributed by atoms with Crippen molar-refractivity contribution in [1.82, 2.24) is 4.57 Å². The molecule has 0 aliphatic carbocycles. The van der Waals surface area contributed by atoms with Crippen molar-refractivity contribution < 1.29 is 4.12 Å². The van der Waals surface area contributed by atoms with Gasteiger partial charge < -0.3 is 8.68 Å². The third-order valence-electron chi connectivity index (χ3n) is 0.666. The van der Waals surface area contributed by atoms with E-state index < -0.39 is 9.04 Å². The van der Waals surface area contributed by atoms with E-state index >= 15 is 0 Å². The van der Waals surface area contributed by atoms with Crippen LogP contribution in [0.3, 0.4) is 0 Å². The van der Waals surface area contributed by atoms with Crippen molar-refractivity contribution in [3.63, 3.8) is 0 Å². The summed E-state index contributed by atoms with van der Waals surface area (Å²) >= 11 is 0. The van der Waals surface area contributed by atoms with Gasteiger partial charge in [-0.1, -0.05) is 0 Å². The second-order valence-corrected chi connectivity index (χ2v) is 7.38. The fraction of sp³-hybridized carbons (Fsp3) is 1.00. The van der Waals surface area contributed by atoms with Crippen LogP contribution in [0.2, 0.25) is 13.1 Å². The lowest BCUT2D eigenvalue weighted by Gasteiger charge is -2.11. The molecule has 0 aliphatic heterocycles. The average molecular weight is 149 g/mol. The molecule has 2 nitrogen and oxygen atoms in total. The lowest BCUT2D eigenvalue weighted by molar-refractivity contribution is 0.514. The van der Waals surface area contributed by atoms with Crippen LogP contribution in [0.1, 0.15) is 0 Å². The molecule has 0 rings (SSSR count). The van der Waals surface area contributed by atoms with Crippen molar-refractivity contribution in [2.75, 3.05) is 14.1 Å². The second-order valence-electron chi connectivity index (χ2n) is 2.42. The van der Waals surface area contributed by atoms with Crippen molar-refractivity contribution in [1.29, 1.82) is 0 Å². The lowest BCUT2D eigenvalue weighted by Crippen LogP contribution is -2.25. The van der Waals surface area contributed by atoms with E-state index in [-0.39, 0.29) is 9.92 Å². The van der Waals surface area contributed by atoms with Gasteiger partial charge in [-0.25, -0.2) is 0 Å². The minimum absolute atomic E-state index is 0.306. The molecule has 0 saturated carbocycles. The summed E-state index contributed by atoms with van der Waals surface area (Å²) in [5.74, 6) is 0. The van der Waals surface area contributed by atoms with Gasteiger partial charge in [-0.15, -0.1) is 0 Å². The SMILES string of the molecule is CN(C)[SiH2]O[SiH](C)C. The van der Waals surface area contributed by atoms with E-state index in [1.54, 1.807) is 0 Å². The zero-order valence-corrected chi connectivity index (χ0v) is 8.71. The summed E-state index contributed by atoms with van der Waals surface area (Å²) in [6, 6.07) is 0. The first-order chi connectivity index (χ1) is 3.63. The van der Waals surface area contributed by atoms with E-state index in [2.05, 4.69) is 31.8 Å². The number of rotatable bonds is 3. The fourth-order valence-electron chi connectivity index (χ4n) is 0.298. The van der Waals surface area contributed by atoms with Crippen LogP contribution in [0.5, 0.6) is 0 Å². The lowest BCUT2D eigenvalue weighted by atomic mass is 11.3. The highest BCUT2D eigenvalue weighted by Crippen LogP contribution is 1.80. The van der Waals surface area contributed by atoms with E-state index in [1.165, 1.54) is 0 Å². The highest BCUT2D eigenvalue weighted by molar-refractivity contribution is 6.55. The van der Waals surface area contributed by atoms with Crippen LogP contribution in [-0.2, 0) is 4.12 Å². The largest absolute Gasteiger partial charge is 0.451 e. The molecule has 0 radical (unpaired) electrons. The molecule has 0 saturated heterocycles. The topological polar surface area (TPSA) is 12.5 Å². The Balaban J connectivity index is 2.93. The highest BCUT2D eigenvalue weighted by atomic mass is 28.3. The molecular formula is C4H15NOSi2. The summed E-state index contributed by atoms with van der Waals surface area (Å²) in [7, 11) is 3.13. The van der Waals surface area contributed by atoms with Gasteiger partial charge >= 0.3 is 0 Å². The zero-order valence-electron chi connectivity index (χ0n) is 6.14. The Bertz CT molecular complexity index is 50.0. The van der Waals surface area contributed by atoms with Crippen molar-refractivity contribution >= 4 is 19.0 Å². The first kappa shape index (κ1) is 8.35. The highest BCUT2D eigenvalue weighted by Gasteiger charge is 1.94. The Morgan fingerprint density at radius 3 is 2.00 bits per heavy atom. The first-order valence-corrected chi connectivity index (χ1v) is 6.88. The van der Waals surface area contributed by atoms with Gasteiger partial charge in [0.25, 0.3) is 0 Å². The first-order valence-electron chi connectivity index (χ1n) is 2.89. The van der Waals surface area contributed by atoms with Crippen molar-refractivity contribution in [2.24, 2.45) is 0 Å². The molecule has 0 N–H and O–H groups in total. The smallest absolute Gasteiger partial charge is 0.226 e. The number of hydrogen-bond donors (Lipinski definition) is 0. The fourth-order valence-corrected chi connectivity index (χ4v) is 2.68. The molecule has 8 heavy (non-hydrogen) atoms. The maximum Gasteiger partial charge on any atom is 0.226 e. The summed E-state index contributed by atoms with van der Waals surface area (Å²) in [6.45, 7) is 4.41. The Morgan fingerprint density at radius 2 is 1.88 bits per heavy atom. The van der Waals surface area contributed by atoms with E-state index in [1.807, 2.05) is 0 Å². The van der Waals surface area contributed by atoms with E-state index in [0.717, 1.165) is 0 Å². The number of nitrogens with zero attached hydrogens (tertiary/aromatic N) is 1. The molecule has 0 aromatic rings. The van der Waals surface area contributed by atoms with E-state index in [0.29, 0.717) is 0 Å². The van der Waals surface area contributed by atoms with Crippen LogP contribution in [-0.4, -0.2) is 37.6 Å². The number of hydrogen-bond acceptors (Lipinski definition) is 2. The van der Waals surface area contributed by atoms with Crippen LogP contribution in [0.4, 0.5) is 0 Å². The predicted octanol–water partition coefficient (Wildman–Crippen LogP) is -0.453. The van der Waals surface area contributed by atoms with Gasteiger partial charge in [0.15, 0.2) is 9.04 Å².